The predicted octanol–water partition coefficient (Wildman–Crippen LogP) is 3.50. The van der Waals surface area contributed by atoms with Crippen molar-refractivity contribution in [3.63, 3.8) is 0 Å². The maximum absolute atomic E-state index is 12.2. The Kier molecular flexibility index (Phi) is 3.98. The zero-order valence-corrected chi connectivity index (χ0v) is 12.5. The highest BCUT2D eigenvalue weighted by Crippen LogP contribution is 2.24. The molecular weight excluding hydrogens is 320 g/mol. The van der Waals surface area contributed by atoms with E-state index in [9.17, 15) is 4.79 Å². The Morgan fingerprint density at radius 3 is 3.10 bits per heavy atom. The SMILES string of the molecule is O=C(Nc1cccc2cc(Br)cnc12)C1CCCCO1. The topological polar surface area (TPSA) is 51.2 Å². The standard InChI is InChI=1S/C15H15BrN2O2/c16-11-8-10-4-3-5-12(14(10)17-9-11)18-15(19)13-6-1-2-7-20-13/h3-5,8-9,13H,1-2,6-7H2,(H,18,19). The number of nitrogens with zero attached hydrogens (tertiary/aromatic N) is 1. The van der Waals surface area contributed by atoms with Crippen LogP contribution in [0.4, 0.5) is 5.69 Å². The first kappa shape index (κ1) is 13.5. The van der Waals surface area contributed by atoms with Crippen LogP contribution >= 0.6 is 15.9 Å². The highest BCUT2D eigenvalue weighted by molar-refractivity contribution is 9.10. The molecule has 2 heterocycles. The summed E-state index contributed by atoms with van der Waals surface area (Å²) in [5, 5.41) is 3.92. The van der Waals surface area contributed by atoms with Gasteiger partial charge in [-0.3, -0.25) is 9.78 Å². The van der Waals surface area contributed by atoms with Crippen molar-refractivity contribution in [2.75, 3.05) is 11.9 Å². The number of amides is 1. The maximum Gasteiger partial charge on any atom is 0.253 e. The first-order chi connectivity index (χ1) is 9.74. The summed E-state index contributed by atoms with van der Waals surface area (Å²) in [6.45, 7) is 0.665. The molecule has 1 aromatic carbocycles. The predicted molar refractivity (Wildman–Crippen MR) is 81.7 cm³/mol. The van der Waals surface area contributed by atoms with Crippen LogP contribution in [0.15, 0.2) is 34.9 Å². The molecule has 1 fully saturated rings. The number of hydrogen-bond acceptors (Lipinski definition) is 3. The highest BCUT2D eigenvalue weighted by Gasteiger charge is 2.22. The fraction of sp³-hybridized carbons (Fsp3) is 0.333. The van der Waals surface area contributed by atoms with Gasteiger partial charge >= 0.3 is 0 Å². The van der Waals surface area contributed by atoms with Gasteiger partial charge in [0.1, 0.15) is 6.10 Å². The van der Waals surface area contributed by atoms with E-state index < -0.39 is 0 Å². The Bertz CT molecular complexity index is 639. The first-order valence-corrected chi connectivity index (χ1v) is 7.50. The van der Waals surface area contributed by atoms with E-state index in [1.165, 1.54) is 0 Å². The number of hydrogen-bond donors (Lipinski definition) is 1. The lowest BCUT2D eigenvalue weighted by molar-refractivity contribution is -0.129. The number of aromatic nitrogens is 1. The van der Waals surface area contributed by atoms with Gasteiger partial charge in [-0.25, -0.2) is 0 Å². The molecule has 1 aliphatic rings. The fourth-order valence-corrected chi connectivity index (χ4v) is 2.74. The summed E-state index contributed by atoms with van der Waals surface area (Å²) in [7, 11) is 0. The number of rotatable bonds is 2. The molecule has 0 spiro atoms. The van der Waals surface area contributed by atoms with Crippen LogP contribution in [0.3, 0.4) is 0 Å². The minimum absolute atomic E-state index is 0.0816. The molecule has 5 heteroatoms. The van der Waals surface area contributed by atoms with E-state index in [1.807, 2.05) is 24.3 Å². The second-order valence-electron chi connectivity index (χ2n) is 4.88. The number of ether oxygens (including phenoxy) is 1. The monoisotopic (exact) mass is 334 g/mol. The Morgan fingerprint density at radius 1 is 1.40 bits per heavy atom. The van der Waals surface area contributed by atoms with Crippen LogP contribution in [0.1, 0.15) is 19.3 Å². The molecule has 0 aliphatic carbocycles. The summed E-state index contributed by atoms with van der Waals surface area (Å²) in [5.41, 5.74) is 1.52. The highest BCUT2D eigenvalue weighted by atomic mass is 79.9. The lowest BCUT2D eigenvalue weighted by atomic mass is 10.1. The van der Waals surface area contributed by atoms with Crippen molar-refractivity contribution in [1.82, 2.24) is 4.98 Å². The Hall–Kier alpha value is -1.46. The third-order valence-corrected chi connectivity index (χ3v) is 3.84. The summed E-state index contributed by atoms with van der Waals surface area (Å²) in [4.78, 5) is 16.6. The summed E-state index contributed by atoms with van der Waals surface area (Å²) in [5.74, 6) is -0.0816. The molecule has 1 N–H and O–H groups in total. The number of carbonyl (C=O) groups excluding carboxylic acids is 1. The zero-order valence-electron chi connectivity index (χ0n) is 10.9. The molecule has 2 aromatic rings. The Morgan fingerprint density at radius 2 is 2.30 bits per heavy atom. The third kappa shape index (κ3) is 2.83. The minimum atomic E-state index is -0.338. The molecule has 104 valence electrons. The number of halogens is 1. The molecule has 0 radical (unpaired) electrons. The van der Waals surface area contributed by atoms with Crippen molar-refractivity contribution < 1.29 is 9.53 Å². The van der Waals surface area contributed by atoms with Gasteiger partial charge in [0, 0.05) is 22.7 Å². The normalized spacial score (nSPS) is 18.9. The average Bonchev–Trinajstić information content (AvgIpc) is 2.48. The Balaban J connectivity index is 1.85. The zero-order chi connectivity index (χ0) is 13.9. The summed E-state index contributed by atoms with van der Waals surface area (Å²) >= 11 is 3.40. The van der Waals surface area contributed by atoms with Crippen LogP contribution in [-0.2, 0) is 9.53 Å². The third-order valence-electron chi connectivity index (χ3n) is 3.41. The van der Waals surface area contributed by atoms with Crippen molar-refractivity contribution >= 4 is 38.4 Å². The lowest BCUT2D eigenvalue weighted by Gasteiger charge is -2.21. The number of anilines is 1. The van der Waals surface area contributed by atoms with Crippen LogP contribution in [0, 0.1) is 0 Å². The van der Waals surface area contributed by atoms with E-state index in [1.54, 1.807) is 6.20 Å². The van der Waals surface area contributed by atoms with Crippen LogP contribution in [-0.4, -0.2) is 23.6 Å². The molecule has 1 atom stereocenters. The van der Waals surface area contributed by atoms with Crippen molar-refractivity contribution in [2.24, 2.45) is 0 Å². The summed E-state index contributed by atoms with van der Waals surface area (Å²) in [6.07, 6.45) is 4.26. The van der Waals surface area contributed by atoms with Crippen molar-refractivity contribution in [1.29, 1.82) is 0 Å². The van der Waals surface area contributed by atoms with E-state index in [0.29, 0.717) is 6.61 Å². The van der Waals surface area contributed by atoms with Crippen LogP contribution in [0.2, 0.25) is 0 Å². The average molecular weight is 335 g/mol. The van der Waals surface area contributed by atoms with Gasteiger partial charge in [-0.05, 0) is 47.3 Å². The number of pyridine rings is 1. The van der Waals surface area contributed by atoms with E-state index in [0.717, 1.165) is 40.3 Å². The molecule has 20 heavy (non-hydrogen) atoms. The van der Waals surface area contributed by atoms with Gasteiger partial charge in [0.2, 0.25) is 0 Å². The van der Waals surface area contributed by atoms with E-state index >= 15 is 0 Å². The summed E-state index contributed by atoms with van der Waals surface area (Å²) in [6, 6.07) is 7.73. The molecule has 1 saturated heterocycles. The van der Waals surface area contributed by atoms with E-state index in [2.05, 4.69) is 26.2 Å². The molecule has 3 rings (SSSR count). The molecule has 4 nitrogen and oxygen atoms in total. The van der Waals surface area contributed by atoms with Gasteiger partial charge in [-0.15, -0.1) is 0 Å². The summed E-state index contributed by atoms with van der Waals surface area (Å²) < 4.78 is 6.42. The number of benzene rings is 1. The first-order valence-electron chi connectivity index (χ1n) is 6.71. The van der Waals surface area contributed by atoms with E-state index in [4.69, 9.17) is 4.74 Å². The number of para-hydroxylation sites is 1. The second-order valence-corrected chi connectivity index (χ2v) is 5.79. The molecule has 1 unspecified atom stereocenters. The minimum Gasteiger partial charge on any atom is -0.368 e. The van der Waals surface area contributed by atoms with Gasteiger partial charge in [0.25, 0.3) is 5.91 Å². The molecule has 0 bridgehead atoms. The van der Waals surface area contributed by atoms with Gasteiger partial charge in [-0.1, -0.05) is 12.1 Å². The van der Waals surface area contributed by atoms with Crippen molar-refractivity contribution in [2.45, 2.75) is 25.4 Å². The smallest absolute Gasteiger partial charge is 0.253 e. The van der Waals surface area contributed by atoms with Crippen LogP contribution < -0.4 is 5.32 Å². The number of nitrogens with one attached hydrogen (secondary N) is 1. The molecule has 1 aromatic heterocycles. The quantitative estimate of drug-likeness (QED) is 0.914. The van der Waals surface area contributed by atoms with Crippen LogP contribution in [0.25, 0.3) is 10.9 Å². The molecular formula is C15H15BrN2O2. The van der Waals surface area contributed by atoms with Gasteiger partial charge in [-0.2, -0.15) is 0 Å². The molecule has 1 amide bonds. The van der Waals surface area contributed by atoms with Gasteiger partial charge < -0.3 is 10.1 Å². The number of carbonyl (C=O) groups is 1. The van der Waals surface area contributed by atoms with Crippen molar-refractivity contribution in [3.05, 3.63) is 34.9 Å². The van der Waals surface area contributed by atoms with Crippen molar-refractivity contribution in [3.8, 4) is 0 Å². The lowest BCUT2D eigenvalue weighted by Crippen LogP contribution is -2.33. The molecule has 1 aliphatic heterocycles. The van der Waals surface area contributed by atoms with Crippen LogP contribution in [0.5, 0.6) is 0 Å². The second kappa shape index (κ2) is 5.89. The van der Waals surface area contributed by atoms with Gasteiger partial charge in [0.15, 0.2) is 0 Å². The largest absolute Gasteiger partial charge is 0.368 e. The van der Waals surface area contributed by atoms with Gasteiger partial charge in [0.05, 0.1) is 11.2 Å². The van der Waals surface area contributed by atoms with E-state index in [-0.39, 0.29) is 12.0 Å². The fourth-order valence-electron chi connectivity index (χ4n) is 2.40. The maximum atomic E-state index is 12.2. The number of fused-ring (bicyclic) bond motifs is 1. The molecule has 0 saturated carbocycles. The Labute approximate surface area is 125 Å².